The quantitative estimate of drug-likeness (QED) is 0.529. The molecule has 2 aromatic carbocycles. The van der Waals surface area contributed by atoms with Gasteiger partial charge in [0.2, 0.25) is 10.0 Å². The zero-order chi connectivity index (χ0) is 21.0. The number of hydrogen-bond donors (Lipinski definition) is 1. The molecule has 1 aromatic heterocycles. The van der Waals surface area contributed by atoms with Gasteiger partial charge in [-0.3, -0.25) is 4.57 Å². The Morgan fingerprint density at radius 2 is 1.93 bits per heavy atom. The molecular formula is C20H21ClFN3O3S. The number of hydrogen-bond acceptors (Lipinski definition) is 4. The van der Waals surface area contributed by atoms with E-state index in [4.69, 9.17) is 16.3 Å². The highest BCUT2D eigenvalue weighted by atomic mass is 35.5. The van der Waals surface area contributed by atoms with Crippen molar-refractivity contribution in [2.75, 3.05) is 13.7 Å². The summed E-state index contributed by atoms with van der Waals surface area (Å²) < 4.78 is 48.0. The predicted octanol–water partition coefficient (Wildman–Crippen LogP) is 4.42. The Labute approximate surface area is 174 Å². The molecule has 0 aliphatic heterocycles. The molecule has 0 amide bonds. The van der Waals surface area contributed by atoms with E-state index < -0.39 is 15.8 Å². The van der Waals surface area contributed by atoms with Crippen molar-refractivity contribution >= 4 is 21.6 Å². The zero-order valence-corrected chi connectivity index (χ0v) is 17.6. The molecular weight excluding hydrogens is 417 g/mol. The molecule has 9 heteroatoms. The van der Waals surface area contributed by atoms with Gasteiger partial charge in [0.05, 0.1) is 17.7 Å². The molecule has 0 spiro atoms. The third kappa shape index (κ3) is 4.60. The monoisotopic (exact) mass is 437 g/mol. The number of ether oxygens (including phenoxy) is 1. The smallest absolute Gasteiger partial charge is 0.240 e. The molecule has 0 aliphatic rings. The lowest BCUT2D eigenvalue weighted by Gasteiger charge is -2.11. The van der Waals surface area contributed by atoms with Crippen molar-refractivity contribution in [3.63, 3.8) is 0 Å². The third-order valence-corrected chi connectivity index (χ3v) is 6.15. The molecule has 0 saturated heterocycles. The predicted molar refractivity (Wildman–Crippen MR) is 111 cm³/mol. The Morgan fingerprint density at radius 1 is 1.21 bits per heavy atom. The van der Waals surface area contributed by atoms with E-state index in [1.165, 1.54) is 37.7 Å². The Hall–Kier alpha value is -2.42. The minimum absolute atomic E-state index is 0.126. The Balaban J connectivity index is 1.94. The second kappa shape index (κ2) is 8.94. The van der Waals surface area contributed by atoms with Crippen LogP contribution < -0.4 is 9.46 Å². The van der Waals surface area contributed by atoms with E-state index in [2.05, 4.69) is 9.71 Å². The number of rotatable bonds is 8. The van der Waals surface area contributed by atoms with Gasteiger partial charge < -0.3 is 4.74 Å². The highest BCUT2D eigenvalue weighted by Crippen LogP contribution is 2.32. The van der Waals surface area contributed by atoms with Crippen LogP contribution in [0.4, 0.5) is 4.39 Å². The van der Waals surface area contributed by atoms with Crippen molar-refractivity contribution in [2.45, 2.75) is 24.7 Å². The van der Waals surface area contributed by atoms with E-state index >= 15 is 0 Å². The average molecular weight is 438 g/mol. The summed E-state index contributed by atoms with van der Waals surface area (Å²) in [5, 5.41) is 0.201. The zero-order valence-electron chi connectivity index (χ0n) is 16.0. The van der Waals surface area contributed by atoms with Gasteiger partial charge in [-0.1, -0.05) is 24.9 Å². The van der Waals surface area contributed by atoms with E-state index in [1.807, 2.05) is 6.92 Å². The van der Waals surface area contributed by atoms with Gasteiger partial charge >= 0.3 is 0 Å². The first-order valence-corrected chi connectivity index (χ1v) is 10.9. The number of halogens is 2. The van der Waals surface area contributed by atoms with E-state index in [1.54, 1.807) is 22.8 Å². The summed E-state index contributed by atoms with van der Waals surface area (Å²) in [5.74, 6) is -0.394. The lowest BCUT2D eigenvalue weighted by atomic mass is 10.1. The number of unbranched alkanes of at least 4 members (excludes halogenated alkanes) is 1. The first kappa shape index (κ1) is 21.3. The second-order valence-electron chi connectivity index (χ2n) is 6.35. The number of benzene rings is 2. The highest BCUT2D eigenvalue weighted by Gasteiger charge is 2.17. The van der Waals surface area contributed by atoms with E-state index in [9.17, 15) is 12.8 Å². The van der Waals surface area contributed by atoms with Crippen LogP contribution in [0.15, 0.2) is 53.7 Å². The van der Waals surface area contributed by atoms with Crippen molar-refractivity contribution in [3.8, 4) is 22.7 Å². The van der Waals surface area contributed by atoms with Crippen molar-refractivity contribution in [1.29, 1.82) is 0 Å². The fourth-order valence-corrected chi connectivity index (χ4v) is 4.16. The maximum absolute atomic E-state index is 14.1. The van der Waals surface area contributed by atoms with Crippen molar-refractivity contribution in [1.82, 2.24) is 14.3 Å². The summed E-state index contributed by atoms with van der Waals surface area (Å²) in [7, 11) is -2.18. The summed E-state index contributed by atoms with van der Waals surface area (Å²) in [6.07, 6.45) is 3.17. The summed E-state index contributed by atoms with van der Waals surface area (Å²) in [6, 6.07) is 10.8. The van der Waals surface area contributed by atoms with Gasteiger partial charge in [0, 0.05) is 17.8 Å². The van der Waals surface area contributed by atoms with Gasteiger partial charge in [0.15, 0.2) is 16.7 Å². The average Bonchev–Trinajstić information content (AvgIpc) is 3.09. The molecule has 0 bridgehead atoms. The maximum Gasteiger partial charge on any atom is 0.240 e. The minimum atomic E-state index is -3.57. The van der Waals surface area contributed by atoms with E-state index in [-0.39, 0.29) is 15.8 Å². The lowest BCUT2D eigenvalue weighted by molar-refractivity contribution is 0.386. The standard InChI is InChI=1S/C20H21ClFN3O3S/c1-3-4-11-24-29(26,27)16-8-6-15(7-9-16)25-13-23-20(21)19(25)14-5-10-18(28-2)17(22)12-14/h5-10,12-13,24H,3-4,11H2,1-2H3. The van der Waals surface area contributed by atoms with Crippen molar-refractivity contribution in [2.24, 2.45) is 0 Å². The van der Waals surface area contributed by atoms with Crippen LogP contribution in [-0.4, -0.2) is 31.6 Å². The molecule has 0 radical (unpaired) electrons. The van der Waals surface area contributed by atoms with Gasteiger partial charge in [-0.05, 0) is 48.9 Å². The molecule has 6 nitrogen and oxygen atoms in total. The Bertz CT molecular complexity index is 1100. The van der Waals surface area contributed by atoms with Gasteiger partial charge in [-0.15, -0.1) is 0 Å². The Kier molecular flexibility index (Phi) is 6.56. The minimum Gasteiger partial charge on any atom is -0.494 e. The van der Waals surface area contributed by atoms with Gasteiger partial charge in [0.1, 0.15) is 6.33 Å². The number of sulfonamides is 1. The number of methoxy groups -OCH3 is 1. The molecule has 0 saturated carbocycles. The molecule has 3 aromatic rings. The fourth-order valence-electron chi connectivity index (χ4n) is 2.85. The second-order valence-corrected chi connectivity index (χ2v) is 8.47. The number of nitrogens with zero attached hydrogens (tertiary/aromatic N) is 2. The first-order chi connectivity index (χ1) is 13.9. The van der Waals surface area contributed by atoms with E-state index in [0.717, 1.165) is 12.8 Å². The van der Waals surface area contributed by atoms with Crippen molar-refractivity contribution in [3.05, 3.63) is 59.8 Å². The molecule has 29 heavy (non-hydrogen) atoms. The first-order valence-electron chi connectivity index (χ1n) is 9.04. The molecule has 1 heterocycles. The molecule has 0 unspecified atom stereocenters. The van der Waals surface area contributed by atoms with Crippen LogP contribution >= 0.6 is 11.6 Å². The topological polar surface area (TPSA) is 73.2 Å². The molecule has 1 N–H and O–H groups in total. The highest BCUT2D eigenvalue weighted by molar-refractivity contribution is 7.89. The molecule has 0 fully saturated rings. The lowest BCUT2D eigenvalue weighted by Crippen LogP contribution is -2.24. The molecule has 0 atom stereocenters. The van der Waals surface area contributed by atoms with Crippen LogP contribution in [0.3, 0.4) is 0 Å². The summed E-state index contributed by atoms with van der Waals surface area (Å²) in [5.41, 5.74) is 1.65. The van der Waals surface area contributed by atoms with Gasteiger partial charge in [-0.2, -0.15) is 0 Å². The Morgan fingerprint density at radius 3 is 2.55 bits per heavy atom. The summed E-state index contributed by atoms with van der Waals surface area (Å²) in [4.78, 5) is 4.27. The SMILES string of the molecule is CCCCNS(=O)(=O)c1ccc(-n2cnc(Cl)c2-c2ccc(OC)c(F)c2)cc1. The van der Waals surface area contributed by atoms with Crippen LogP contribution in [0.25, 0.3) is 16.9 Å². The van der Waals surface area contributed by atoms with Crippen LogP contribution in [0.1, 0.15) is 19.8 Å². The summed E-state index contributed by atoms with van der Waals surface area (Å²) >= 11 is 6.24. The van der Waals surface area contributed by atoms with Crippen LogP contribution in [0, 0.1) is 5.82 Å². The number of aromatic nitrogens is 2. The van der Waals surface area contributed by atoms with E-state index in [0.29, 0.717) is 23.5 Å². The van der Waals surface area contributed by atoms with Crippen LogP contribution in [0.5, 0.6) is 5.75 Å². The largest absolute Gasteiger partial charge is 0.494 e. The van der Waals surface area contributed by atoms with Crippen LogP contribution in [-0.2, 0) is 10.0 Å². The number of nitrogens with one attached hydrogen (secondary N) is 1. The molecule has 154 valence electrons. The summed E-state index contributed by atoms with van der Waals surface area (Å²) in [6.45, 7) is 2.39. The van der Waals surface area contributed by atoms with Crippen molar-refractivity contribution < 1.29 is 17.5 Å². The number of imidazole rings is 1. The maximum atomic E-state index is 14.1. The molecule has 0 aliphatic carbocycles. The third-order valence-electron chi connectivity index (χ3n) is 4.40. The normalized spacial score (nSPS) is 11.6. The van der Waals surface area contributed by atoms with Gasteiger partial charge in [-0.25, -0.2) is 22.5 Å². The fraction of sp³-hybridized carbons (Fsp3) is 0.250. The molecule has 3 rings (SSSR count). The van der Waals surface area contributed by atoms with Crippen LogP contribution in [0.2, 0.25) is 5.15 Å². The van der Waals surface area contributed by atoms with Gasteiger partial charge in [0.25, 0.3) is 0 Å².